The summed E-state index contributed by atoms with van der Waals surface area (Å²) in [7, 11) is 1.75. The van der Waals surface area contributed by atoms with Crippen molar-refractivity contribution >= 4 is 16.6 Å². The summed E-state index contributed by atoms with van der Waals surface area (Å²) in [5.41, 5.74) is 6.16. The Hall–Kier alpha value is -2.53. The SMILES string of the molecule is COc1cc(C)c2[nH]ccc2c1CN1CC=C(n2cc(C)cn2)CC1. The van der Waals surface area contributed by atoms with Gasteiger partial charge < -0.3 is 9.72 Å². The molecule has 0 saturated carbocycles. The fraction of sp³-hybridized carbons (Fsp3) is 0.350. The van der Waals surface area contributed by atoms with E-state index < -0.39 is 0 Å². The first kappa shape index (κ1) is 16.0. The maximum Gasteiger partial charge on any atom is 0.124 e. The van der Waals surface area contributed by atoms with Gasteiger partial charge in [0.2, 0.25) is 0 Å². The van der Waals surface area contributed by atoms with E-state index in [0.29, 0.717) is 0 Å². The number of methoxy groups -OCH3 is 1. The largest absolute Gasteiger partial charge is 0.496 e. The van der Waals surface area contributed by atoms with E-state index >= 15 is 0 Å². The van der Waals surface area contributed by atoms with E-state index in [1.165, 1.54) is 33.3 Å². The number of hydrogen-bond donors (Lipinski definition) is 1. The van der Waals surface area contributed by atoms with Gasteiger partial charge in [0.25, 0.3) is 0 Å². The van der Waals surface area contributed by atoms with E-state index in [-0.39, 0.29) is 0 Å². The summed E-state index contributed by atoms with van der Waals surface area (Å²) in [5, 5.41) is 5.68. The van der Waals surface area contributed by atoms with Crippen LogP contribution >= 0.6 is 0 Å². The lowest BCUT2D eigenvalue weighted by molar-refractivity contribution is 0.286. The Morgan fingerprint density at radius 2 is 2.20 bits per heavy atom. The van der Waals surface area contributed by atoms with E-state index in [2.05, 4.69) is 53.2 Å². The van der Waals surface area contributed by atoms with Crippen molar-refractivity contribution in [3.8, 4) is 5.75 Å². The highest BCUT2D eigenvalue weighted by Crippen LogP contribution is 2.32. The molecule has 4 rings (SSSR count). The van der Waals surface area contributed by atoms with Gasteiger partial charge in [-0.05, 0) is 43.2 Å². The number of hydrogen-bond acceptors (Lipinski definition) is 3. The summed E-state index contributed by atoms with van der Waals surface area (Å²) in [6, 6.07) is 4.28. The number of H-pyrrole nitrogens is 1. The lowest BCUT2D eigenvalue weighted by Crippen LogP contribution is -2.29. The average Bonchev–Trinajstić information content (AvgIpc) is 3.27. The smallest absolute Gasteiger partial charge is 0.124 e. The van der Waals surface area contributed by atoms with Crippen LogP contribution in [0.25, 0.3) is 16.6 Å². The third-order valence-corrected chi connectivity index (χ3v) is 4.99. The van der Waals surface area contributed by atoms with E-state index in [9.17, 15) is 0 Å². The Labute approximate surface area is 147 Å². The third kappa shape index (κ3) is 2.96. The normalized spacial score (nSPS) is 15.6. The molecule has 3 heterocycles. The minimum Gasteiger partial charge on any atom is -0.496 e. The van der Waals surface area contributed by atoms with Crippen LogP contribution < -0.4 is 4.74 Å². The van der Waals surface area contributed by atoms with Crippen molar-refractivity contribution in [1.29, 1.82) is 0 Å². The van der Waals surface area contributed by atoms with Crippen molar-refractivity contribution in [2.45, 2.75) is 26.8 Å². The number of nitrogens with zero attached hydrogens (tertiary/aromatic N) is 3. The first-order valence-corrected chi connectivity index (χ1v) is 8.72. The highest BCUT2D eigenvalue weighted by atomic mass is 16.5. The Kier molecular flexibility index (Phi) is 4.09. The van der Waals surface area contributed by atoms with Gasteiger partial charge in [-0.2, -0.15) is 5.10 Å². The molecule has 0 unspecified atom stereocenters. The number of aromatic amines is 1. The molecule has 0 aliphatic carbocycles. The first-order chi connectivity index (χ1) is 12.2. The monoisotopic (exact) mass is 336 g/mol. The lowest BCUT2D eigenvalue weighted by atomic mass is 10.0. The third-order valence-electron chi connectivity index (χ3n) is 4.99. The molecule has 1 N–H and O–H groups in total. The maximum atomic E-state index is 5.67. The molecule has 0 saturated heterocycles. The minimum atomic E-state index is 0.889. The fourth-order valence-corrected chi connectivity index (χ4v) is 3.63. The topological polar surface area (TPSA) is 46.1 Å². The van der Waals surface area contributed by atoms with Crippen molar-refractivity contribution in [1.82, 2.24) is 19.7 Å². The lowest BCUT2D eigenvalue weighted by Gasteiger charge is -2.27. The van der Waals surface area contributed by atoms with Crippen molar-refractivity contribution in [3.63, 3.8) is 0 Å². The Morgan fingerprint density at radius 1 is 1.32 bits per heavy atom. The zero-order valence-corrected chi connectivity index (χ0v) is 15.0. The van der Waals surface area contributed by atoms with Gasteiger partial charge in [-0.3, -0.25) is 4.90 Å². The van der Waals surface area contributed by atoms with Crippen molar-refractivity contribution in [2.24, 2.45) is 0 Å². The van der Waals surface area contributed by atoms with E-state index in [4.69, 9.17) is 4.74 Å². The summed E-state index contributed by atoms with van der Waals surface area (Å²) >= 11 is 0. The molecule has 0 atom stereocenters. The molecule has 3 aromatic rings. The highest BCUT2D eigenvalue weighted by molar-refractivity contribution is 5.88. The second-order valence-corrected chi connectivity index (χ2v) is 6.78. The van der Waals surface area contributed by atoms with Gasteiger partial charge in [0.05, 0.1) is 13.3 Å². The van der Waals surface area contributed by atoms with E-state index in [1.54, 1.807) is 7.11 Å². The van der Waals surface area contributed by atoms with Gasteiger partial charge in [0.15, 0.2) is 0 Å². The minimum absolute atomic E-state index is 0.889. The molecule has 25 heavy (non-hydrogen) atoms. The number of ether oxygens (including phenoxy) is 1. The van der Waals surface area contributed by atoms with Gasteiger partial charge in [0, 0.05) is 60.6 Å². The van der Waals surface area contributed by atoms with Crippen LogP contribution in [0, 0.1) is 13.8 Å². The predicted molar refractivity (Wildman–Crippen MR) is 101 cm³/mol. The summed E-state index contributed by atoms with van der Waals surface area (Å²) in [6.45, 7) is 7.03. The number of rotatable bonds is 4. The van der Waals surface area contributed by atoms with Crippen LogP contribution in [-0.2, 0) is 6.54 Å². The molecule has 0 bridgehead atoms. The molecule has 1 aromatic carbocycles. The standard InChI is InChI=1S/C20H24N4O/c1-14-11-22-24(12-14)16-5-8-23(9-6-16)13-18-17-4-7-21-20(17)15(2)10-19(18)25-3/h4-5,7,10-12,21H,6,8-9,13H2,1-3H3. The van der Waals surface area contributed by atoms with Crippen LogP contribution in [0.3, 0.4) is 0 Å². The van der Waals surface area contributed by atoms with Crippen molar-refractivity contribution < 1.29 is 4.74 Å². The predicted octanol–water partition coefficient (Wildman–Crippen LogP) is 3.74. The van der Waals surface area contributed by atoms with E-state index in [1.807, 2.05) is 17.1 Å². The molecule has 5 nitrogen and oxygen atoms in total. The number of aromatic nitrogens is 3. The van der Waals surface area contributed by atoms with Crippen molar-refractivity contribution in [3.05, 3.63) is 53.5 Å². The van der Waals surface area contributed by atoms with Gasteiger partial charge >= 0.3 is 0 Å². The zero-order chi connectivity index (χ0) is 17.4. The second kappa shape index (κ2) is 6.41. The quantitative estimate of drug-likeness (QED) is 0.789. The fourth-order valence-electron chi connectivity index (χ4n) is 3.63. The molecule has 0 fully saturated rings. The van der Waals surface area contributed by atoms with Crippen LogP contribution in [0.5, 0.6) is 5.75 Å². The number of fused-ring (bicyclic) bond motifs is 1. The molecule has 0 amide bonds. The van der Waals surface area contributed by atoms with Gasteiger partial charge in [0.1, 0.15) is 5.75 Å². The Bertz CT molecular complexity index is 934. The second-order valence-electron chi connectivity index (χ2n) is 6.78. The molecule has 0 spiro atoms. The van der Waals surface area contributed by atoms with Crippen LogP contribution in [0.2, 0.25) is 0 Å². The summed E-state index contributed by atoms with van der Waals surface area (Å²) < 4.78 is 7.67. The zero-order valence-electron chi connectivity index (χ0n) is 15.0. The van der Waals surface area contributed by atoms with Crippen molar-refractivity contribution in [2.75, 3.05) is 20.2 Å². The summed E-state index contributed by atoms with van der Waals surface area (Å²) in [6.07, 6.45) is 9.30. The highest BCUT2D eigenvalue weighted by Gasteiger charge is 2.18. The average molecular weight is 336 g/mol. The molecule has 130 valence electrons. The van der Waals surface area contributed by atoms with Gasteiger partial charge in [-0.25, -0.2) is 4.68 Å². The van der Waals surface area contributed by atoms with Crippen LogP contribution in [0.4, 0.5) is 0 Å². The Morgan fingerprint density at radius 3 is 2.88 bits per heavy atom. The maximum absolute atomic E-state index is 5.67. The summed E-state index contributed by atoms with van der Waals surface area (Å²) in [5.74, 6) is 0.974. The molecule has 2 aromatic heterocycles. The number of aryl methyl sites for hydroxylation is 2. The molecule has 1 aliphatic rings. The molecule has 5 heteroatoms. The molecular formula is C20H24N4O. The Balaban J connectivity index is 1.58. The molecular weight excluding hydrogens is 312 g/mol. The van der Waals surface area contributed by atoms with Gasteiger partial charge in [-0.15, -0.1) is 0 Å². The van der Waals surface area contributed by atoms with Crippen LogP contribution in [-0.4, -0.2) is 39.9 Å². The van der Waals surface area contributed by atoms with E-state index in [0.717, 1.165) is 31.8 Å². The van der Waals surface area contributed by atoms with Gasteiger partial charge in [-0.1, -0.05) is 0 Å². The van der Waals surface area contributed by atoms with Crippen LogP contribution in [0.15, 0.2) is 36.8 Å². The summed E-state index contributed by atoms with van der Waals surface area (Å²) in [4.78, 5) is 5.81. The first-order valence-electron chi connectivity index (χ1n) is 8.72. The van der Waals surface area contributed by atoms with Crippen LogP contribution in [0.1, 0.15) is 23.1 Å². The molecule has 0 radical (unpaired) electrons. The molecule has 1 aliphatic heterocycles. The number of nitrogens with one attached hydrogen (secondary N) is 1. The number of benzene rings is 1.